The van der Waals surface area contributed by atoms with E-state index in [4.69, 9.17) is 0 Å². The highest BCUT2D eigenvalue weighted by Gasteiger charge is 2.18. The predicted octanol–water partition coefficient (Wildman–Crippen LogP) is 2.54. The molecule has 0 aliphatic carbocycles. The standard InChI is InChI=1S/C16H27N5/c1-6-8-17-15(16-10-13(4)18-20(16)5)11-14-9-12(3)19-21(14)7-2/h9-10,15,17H,6-8,11H2,1-5H3. The quantitative estimate of drug-likeness (QED) is 0.852. The molecule has 1 N–H and O–H groups in total. The molecule has 2 heterocycles. The second-order valence-electron chi connectivity index (χ2n) is 5.64. The molecule has 0 bridgehead atoms. The van der Waals surface area contributed by atoms with Crippen LogP contribution in [0.25, 0.3) is 0 Å². The second-order valence-corrected chi connectivity index (χ2v) is 5.64. The summed E-state index contributed by atoms with van der Waals surface area (Å²) >= 11 is 0. The van der Waals surface area contributed by atoms with E-state index in [0.29, 0.717) is 0 Å². The van der Waals surface area contributed by atoms with Crippen molar-refractivity contribution in [2.24, 2.45) is 7.05 Å². The van der Waals surface area contributed by atoms with Crippen molar-refractivity contribution in [3.8, 4) is 0 Å². The number of hydrogen-bond donors (Lipinski definition) is 1. The Balaban J connectivity index is 2.25. The van der Waals surface area contributed by atoms with Crippen molar-refractivity contribution in [2.75, 3.05) is 6.54 Å². The Morgan fingerprint density at radius 2 is 1.86 bits per heavy atom. The molecule has 0 fully saturated rings. The molecular weight excluding hydrogens is 262 g/mol. The zero-order valence-corrected chi connectivity index (χ0v) is 13.8. The van der Waals surface area contributed by atoms with Gasteiger partial charge in [0.1, 0.15) is 0 Å². The zero-order valence-electron chi connectivity index (χ0n) is 13.8. The molecule has 0 aromatic carbocycles. The lowest BCUT2D eigenvalue weighted by Crippen LogP contribution is -2.27. The maximum Gasteiger partial charge on any atom is 0.0597 e. The fourth-order valence-corrected chi connectivity index (χ4v) is 2.80. The summed E-state index contributed by atoms with van der Waals surface area (Å²) in [4.78, 5) is 0. The first-order chi connectivity index (χ1) is 10.0. The fraction of sp³-hybridized carbons (Fsp3) is 0.625. The van der Waals surface area contributed by atoms with Gasteiger partial charge in [-0.25, -0.2) is 0 Å². The van der Waals surface area contributed by atoms with Crippen LogP contribution in [-0.2, 0) is 20.0 Å². The molecule has 0 spiro atoms. The molecule has 2 aromatic heterocycles. The molecule has 0 radical (unpaired) electrons. The molecular formula is C16H27N5. The number of nitrogens with zero attached hydrogens (tertiary/aromatic N) is 4. The molecule has 0 aliphatic heterocycles. The van der Waals surface area contributed by atoms with E-state index in [0.717, 1.165) is 37.3 Å². The Bertz CT molecular complexity index is 582. The lowest BCUT2D eigenvalue weighted by molar-refractivity contribution is 0.474. The molecule has 5 heteroatoms. The summed E-state index contributed by atoms with van der Waals surface area (Å²) < 4.78 is 4.08. The summed E-state index contributed by atoms with van der Waals surface area (Å²) in [6, 6.07) is 4.64. The summed E-state index contributed by atoms with van der Waals surface area (Å²) in [6.45, 7) is 10.3. The van der Waals surface area contributed by atoms with Gasteiger partial charge in [0.05, 0.1) is 23.1 Å². The Morgan fingerprint density at radius 1 is 1.14 bits per heavy atom. The second kappa shape index (κ2) is 6.89. The first-order valence-electron chi connectivity index (χ1n) is 7.82. The molecule has 0 aliphatic rings. The van der Waals surface area contributed by atoms with Crippen LogP contribution >= 0.6 is 0 Å². The molecule has 5 nitrogen and oxygen atoms in total. The summed E-state index contributed by atoms with van der Waals surface area (Å²) in [5, 5.41) is 12.7. The molecule has 0 saturated carbocycles. The van der Waals surface area contributed by atoms with Gasteiger partial charge in [-0.05, 0) is 45.9 Å². The van der Waals surface area contributed by atoms with Crippen LogP contribution in [0.5, 0.6) is 0 Å². The van der Waals surface area contributed by atoms with Crippen molar-refractivity contribution < 1.29 is 0 Å². The molecule has 0 saturated heterocycles. The van der Waals surface area contributed by atoms with E-state index in [1.807, 2.05) is 18.7 Å². The van der Waals surface area contributed by atoms with Crippen LogP contribution < -0.4 is 5.32 Å². The smallest absolute Gasteiger partial charge is 0.0597 e. The highest BCUT2D eigenvalue weighted by molar-refractivity contribution is 5.18. The average molecular weight is 289 g/mol. The van der Waals surface area contributed by atoms with E-state index in [1.165, 1.54) is 11.4 Å². The van der Waals surface area contributed by atoms with E-state index < -0.39 is 0 Å². The van der Waals surface area contributed by atoms with Gasteiger partial charge in [0, 0.05) is 25.7 Å². The molecule has 1 atom stereocenters. The Morgan fingerprint density at radius 3 is 2.43 bits per heavy atom. The van der Waals surface area contributed by atoms with Gasteiger partial charge < -0.3 is 5.32 Å². The van der Waals surface area contributed by atoms with Crippen LogP contribution in [0.3, 0.4) is 0 Å². The minimum Gasteiger partial charge on any atom is -0.308 e. The van der Waals surface area contributed by atoms with Gasteiger partial charge in [0.15, 0.2) is 0 Å². The van der Waals surface area contributed by atoms with Crippen LogP contribution in [-0.4, -0.2) is 26.1 Å². The first kappa shape index (κ1) is 15.8. The van der Waals surface area contributed by atoms with Crippen molar-refractivity contribution >= 4 is 0 Å². The van der Waals surface area contributed by atoms with E-state index in [-0.39, 0.29) is 6.04 Å². The van der Waals surface area contributed by atoms with Crippen molar-refractivity contribution in [3.63, 3.8) is 0 Å². The number of nitrogens with one attached hydrogen (secondary N) is 1. The number of aromatic nitrogens is 4. The van der Waals surface area contributed by atoms with Crippen LogP contribution in [0.2, 0.25) is 0 Å². The van der Waals surface area contributed by atoms with Gasteiger partial charge in [0.25, 0.3) is 0 Å². The minimum absolute atomic E-state index is 0.276. The van der Waals surface area contributed by atoms with E-state index in [1.54, 1.807) is 0 Å². The van der Waals surface area contributed by atoms with Gasteiger partial charge in [-0.3, -0.25) is 9.36 Å². The summed E-state index contributed by atoms with van der Waals surface area (Å²) in [7, 11) is 2.02. The molecule has 2 aromatic rings. The molecule has 0 amide bonds. The van der Waals surface area contributed by atoms with Gasteiger partial charge >= 0.3 is 0 Å². The minimum atomic E-state index is 0.276. The Hall–Kier alpha value is -1.62. The van der Waals surface area contributed by atoms with Gasteiger partial charge in [-0.1, -0.05) is 6.92 Å². The summed E-state index contributed by atoms with van der Waals surface area (Å²) in [6.07, 6.45) is 2.06. The van der Waals surface area contributed by atoms with E-state index in [2.05, 4.69) is 53.1 Å². The average Bonchev–Trinajstić information content (AvgIpc) is 2.96. The fourth-order valence-electron chi connectivity index (χ4n) is 2.80. The highest BCUT2D eigenvalue weighted by atomic mass is 15.3. The van der Waals surface area contributed by atoms with Gasteiger partial charge in [0.2, 0.25) is 0 Å². The lowest BCUT2D eigenvalue weighted by Gasteiger charge is -2.19. The van der Waals surface area contributed by atoms with Crippen LogP contribution in [0.4, 0.5) is 0 Å². The third kappa shape index (κ3) is 3.73. The Labute approximate surface area is 127 Å². The SMILES string of the molecule is CCCNC(Cc1cc(C)nn1CC)c1cc(C)nn1C. The Kier molecular flexibility index (Phi) is 5.17. The largest absolute Gasteiger partial charge is 0.308 e. The molecule has 116 valence electrons. The van der Waals surface area contributed by atoms with Crippen molar-refractivity contribution in [1.82, 2.24) is 24.9 Å². The van der Waals surface area contributed by atoms with E-state index >= 15 is 0 Å². The zero-order chi connectivity index (χ0) is 15.4. The third-order valence-electron chi connectivity index (χ3n) is 3.73. The third-order valence-corrected chi connectivity index (χ3v) is 3.73. The van der Waals surface area contributed by atoms with Crippen LogP contribution in [0.15, 0.2) is 12.1 Å². The monoisotopic (exact) mass is 289 g/mol. The number of aryl methyl sites for hydroxylation is 4. The van der Waals surface area contributed by atoms with Crippen LogP contribution in [0, 0.1) is 13.8 Å². The molecule has 2 rings (SSSR count). The van der Waals surface area contributed by atoms with Gasteiger partial charge in [-0.2, -0.15) is 10.2 Å². The maximum atomic E-state index is 4.55. The summed E-state index contributed by atoms with van der Waals surface area (Å²) in [5.41, 5.74) is 4.67. The van der Waals surface area contributed by atoms with Crippen LogP contribution in [0.1, 0.15) is 49.1 Å². The van der Waals surface area contributed by atoms with Gasteiger partial charge in [-0.15, -0.1) is 0 Å². The van der Waals surface area contributed by atoms with E-state index in [9.17, 15) is 0 Å². The predicted molar refractivity (Wildman–Crippen MR) is 85.3 cm³/mol. The van der Waals surface area contributed by atoms with Crippen molar-refractivity contribution in [1.29, 1.82) is 0 Å². The topological polar surface area (TPSA) is 47.7 Å². The lowest BCUT2D eigenvalue weighted by atomic mass is 10.1. The number of hydrogen-bond acceptors (Lipinski definition) is 3. The number of rotatable bonds is 7. The normalized spacial score (nSPS) is 12.8. The molecule has 1 unspecified atom stereocenters. The first-order valence-corrected chi connectivity index (χ1v) is 7.82. The maximum absolute atomic E-state index is 4.55. The highest BCUT2D eigenvalue weighted by Crippen LogP contribution is 2.20. The summed E-state index contributed by atoms with van der Waals surface area (Å²) in [5.74, 6) is 0. The molecule has 21 heavy (non-hydrogen) atoms. The van der Waals surface area contributed by atoms with Crippen molar-refractivity contribution in [3.05, 3.63) is 34.9 Å². The van der Waals surface area contributed by atoms with Crippen molar-refractivity contribution in [2.45, 2.75) is 53.1 Å².